The van der Waals surface area contributed by atoms with E-state index in [2.05, 4.69) is 15.9 Å². The van der Waals surface area contributed by atoms with Crippen LogP contribution in [0.3, 0.4) is 0 Å². The quantitative estimate of drug-likeness (QED) is 0.400. The van der Waals surface area contributed by atoms with Gasteiger partial charge >= 0.3 is 5.97 Å². The highest BCUT2D eigenvalue weighted by Crippen LogP contribution is 2.23. The van der Waals surface area contributed by atoms with Crippen molar-refractivity contribution in [2.75, 3.05) is 5.33 Å². The van der Waals surface area contributed by atoms with Gasteiger partial charge in [0.2, 0.25) is 0 Å². The first-order chi connectivity index (χ1) is 10.6. The third-order valence-electron chi connectivity index (χ3n) is 3.46. The Bertz CT molecular complexity index is 538. The topological polar surface area (TPSA) is 63.7 Å². The minimum Gasteiger partial charge on any atom is -0.330 e. The highest BCUT2D eigenvalue weighted by molar-refractivity contribution is 9.09. The zero-order chi connectivity index (χ0) is 15.9. The Balaban J connectivity index is 1.79. The summed E-state index contributed by atoms with van der Waals surface area (Å²) in [6.07, 6.45) is 5.15. The van der Waals surface area contributed by atoms with Gasteiger partial charge in [0.25, 0.3) is 11.8 Å². The number of carbonyl (C=O) groups excluding carboxylic acids is 3. The summed E-state index contributed by atoms with van der Waals surface area (Å²) in [6, 6.07) is 6.44. The fourth-order valence-corrected chi connectivity index (χ4v) is 2.69. The van der Waals surface area contributed by atoms with E-state index >= 15 is 0 Å². The van der Waals surface area contributed by atoms with E-state index in [0.29, 0.717) is 11.5 Å². The van der Waals surface area contributed by atoms with Crippen molar-refractivity contribution >= 4 is 33.7 Å². The molecule has 1 aromatic carbocycles. The van der Waals surface area contributed by atoms with E-state index in [1.165, 1.54) is 0 Å². The van der Waals surface area contributed by atoms with Gasteiger partial charge in [-0.3, -0.25) is 9.59 Å². The Morgan fingerprint density at radius 3 is 2.09 bits per heavy atom. The summed E-state index contributed by atoms with van der Waals surface area (Å²) in [7, 11) is 0. The van der Waals surface area contributed by atoms with Gasteiger partial charge in [0, 0.05) is 11.8 Å². The third kappa shape index (κ3) is 3.94. The number of carbonyl (C=O) groups is 3. The maximum absolute atomic E-state index is 12.0. The van der Waals surface area contributed by atoms with Crippen molar-refractivity contribution < 1.29 is 19.2 Å². The van der Waals surface area contributed by atoms with Crippen molar-refractivity contribution in [3.05, 3.63) is 35.4 Å². The van der Waals surface area contributed by atoms with Crippen molar-refractivity contribution in [2.24, 2.45) is 0 Å². The number of fused-ring (bicyclic) bond motifs is 1. The molecule has 1 heterocycles. The minimum absolute atomic E-state index is 0.210. The highest BCUT2D eigenvalue weighted by Gasteiger charge is 2.38. The molecule has 22 heavy (non-hydrogen) atoms. The van der Waals surface area contributed by atoms with Crippen LogP contribution in [0.2, 0.25) is 0 Å². The van der Waals surface area contributed by atoms with Gasteiger partial charge in [-0.15, -0.1) is 0 Å². The van der Waals surface area contributed by atoms with E-state index in [1.807, 2.05) is 0 Å². The average Bonchev–Trinajstić information content (AvgIpc) is 2.76. The van der Waals surface area contributed by atoms with Gasteiger partial charge < -0.3 is 4.84 Å². The Hall–Kier alpha value is -1.69. The maximum Gasteiger partial charge on any atom is 0.333 e. The van der Waals surface area contributed by atoms with Crippen LogP contribution >= 0.6 is 15.9 Å². The lowest BCUT2D eigenvalue weighted by Gasteiger charge is -2.12. The van der Waals surface area contributed by atoms with Crippen LogP contribution in [0.1, 0.15) is 59.2 Å². The summed E-state index contributed by atoms with van der Waals surface area (Å²) in [5.74, 6) is -1.70. The molecular weight excluding hydrogens is 350 g/mol. The first-order valence-electron chi connectivity index (χ1n) is 7.39. The normalized spacial score (nSPS) is 13.4. The SMILES string of the molecule is O=C(CCCCCCCBr)ON1C(=O)c2ccccc2C1=O. The van der Waals surface area contributed by atoms with Crippen molar-refractivity contribution in [1.82, 2.24) is 5.06 Å². The molecule has 0 saturated heterocycles. The maximum atomic E-state index is 12.0. The summed E-state index contributed by atoms with van der Waals surface area (Å²) in [4.78, 5) is 40.7. The summed E-state index contributed by atoms with van der Waals surface area (Å²) < 4.78 is 0. The molecule has 118 valence electrons. The monoisotopic (exact) mass is 367 g/mol. The Morgan fingerprint density at radius 2 is 1.50 bits per heavy atom. The summed E-state index contributed by atoms with van der Waals surface area (Å²) in [6.45, 7) is 0. The van der Waals surface area contributed by atoms with Crippen LogP contribution in [0.4, 0.5) is 0 Å². The molecule has 0 atom stereocenters. The summed E-state index contributed by atoms with van der Waals surface area (Å²) >= 11 is 3.37. The van der Waals surface area contributed by atoms with Gasteiger partial charge in [0.1, 0.15) is 0 Å². The van der Waals surface area contributed by atoms with Crippen LogP contribution in [0, 0.1) is 0 Å². The molecule has 5 nitrogen and oxygen atoms in total. The Labute approximate surface area is 137 Å². The molecule has 0 saturated carbocycles. The Kier molecular flexibility index (Phi) is 6.12. The van der Waals surface area contributed by atoms with Gasteiger partial charge in [-0.1, -0.05) is 52.4 Å². The van der Waals surface area contributed by atoms with E-state index in [9.17, 15) is 14.4 Å². The van der Waals surface area contributed by atoms with E-state index in [4.69, 9.17) is 4.84 Å². The number of rotatable bonds is 8. The zero-order valence-corrected chi connectivity index (χ0v) is 13.8. The van der Waals surface area contributed by atoms with E-state index in [-0.39, 0.29) is 17.5 Å². The van der Waals surface area contributed by atoms with Crippen molar-refractivity contribution in [3.8, 4) is 0 Å². The van der Waals surface area contributed by atoms with E-state index in [0.717, 1.165) is 31.0 Å². The van der Waals surface area contributed by atoms with E-state index in [1.54, 1.807) is 24.3 Å². The lowest BCUT2D eigenvalue weighted by Crippen LogP contribution is -2.32. The zero-order valence-electron chi connectivity index (χ0n) is 12.2. The molecule has 0 spiro atoms. The number of imide groups is 1. The number of nitrogens with zero attached hydrogens (tertiary/aromatic N) is 1. The standard InChI is InChI=1S/C16H18BrNO4/c17-11-7-3-1-2-4-10-14(19)22-18-15(20)12-8-5-6-9-13(12)16(18)21/h5-6,8-9H,1-4,7,10-11H2. The van der Waals surface area contributed by atoms with Gasteiger partial charge in [-0.25, -0.2) is 4.79 Å². The molecule has 2 amide bonds. The van der Waals surface area contributed by atoms with Crippen LogP contribution in [0.5, 0.6) is 0 Å². The van der Waals surface area contributed by atoms with Gasteiger partial charge in [-0.05, 0) is 25.0 Å². The molecule has 0 bridgehead atoms. The largest absolute Gasteiger partial charge is 0.333 e. The predicted octanol–water partition coefficient (Wildman–Crippen LogP) is 3.48. The number of amides is 2. The first kappa shape index (κ1) is 16.7. The van der Waals surface area contributed by atoms with Gasteiger partial charge in [0.15, 0.2) is 0 Å². The number of unbranched alkanes of at least 4 members (excludes halogenated alkanes) is 4. The smallest absolute Gasteiger partial charge is 0.330 e. The molecule has 0 unspecified atom stereocenters. The molecule has 0 aromatic heterocycles. The molecule has 0 fully saturated rings. The molecule has 0 aliphatic carbocycles. The lowest BCUT2D eigenvalue weighted by molar-refractivity contribution is -0.168. The van der Waals surface area contributed by atoms with E-state index < -0.39 is 17.8 Å². The molecule has 2 rings (SSSR count). The molecular formula is C16H18BrNO4. The van der Waals surface area contributed by atoms with Crippen LogP contribution in [-0.2, 0) is 9.63 Å². The second-order valence-electron chi connectivity index (χ2n) is 5.12. The lowest BCUT2D eigenvalue weighted by atomic mass is 10.1. The fourth-order valence-electron chi connectivity index (χ4n) is 2.29. The molecule has 0 radical (unpaired) electrons. The molecule has 1 aliphatic rings. The van der Waals surface area contributed by atoms with Gasteiger partial charge in [0.05, 0.1) is 11.1 Å². The number of hydroxylamine groups is 2. The second-order valence-corrected chi connectivity index (χ2v) is 5.91. The number of benzene rings is 1. The van der Waals surface area contributed by atoms with Crippen LogP contribution in [0.15, 0.2) is 24.3 Å². The summed E-state index contributed by atoms with van der Waals surface area (Å²) in [5, 5.41) is 1.56. The number of hydrogen-bond acceptors (Lipinski definition) is 4. The van der Waals surface area contributed by atoms with Crippen LogP contribution in [0.25, 0.3) is 0 Å². The van der Waals surface area contributed by atoms with Crippen molar-refractivity contribution in [2.45, 2.75) is 38.5 Å². The third-order valence-corrected chi connectivity index (χ3v) is 4.03. The second kappa shape index (κ2) is 8.08. The molecule has 1 aliphatic heterocycles. The average molecular weight is 368 g/mol. The Morgan fingerprint density at radius 1 is 0.955 bits per heavy atom. The first-order valence-corrected chi connectivity index (χ1v) is 8.52. The van der Waals surface area contributed by atoms with Gasteiger partial charge in [-0.2, -0.15) is 0 Å². The number of hydrogen-bond donors (Lipinski definition) is 0. The number of halogens is 1. The van der Waals surface area contributed by atoms with Crippen LogP contribution < -0.4 is 0 Å². The van der Waals surface area contributed by atoms with Crippen LogP contribution in [-0.4, -0.2) is 28.2 Å². The molecule has 0 N–H and O–H groups in total. The minimum atomic E-state index is -0.578. The molecule has 1 aromatic rings. The van der Waals surface area contributed by atoms with Crippen molar-refractivity contribution in [1.29, 1.82) is 0 Å². The highest BCUT2D eigenvalue weighted by atomic mass is 79.9. The van der Waals surface area contributed by atoms with Crippen molar-refractivity contribution in [3.63, 3.8) is 0 Å². The summed E-state index contributed by atoms with van der Waals surface area (Å²) in [5.41, 5.74) is 0.546. The molecule has 6 heteroatoms. The number of alkyl halides is 1. The fraction of sp³-hybridized carbons (Fsp3) is 0.438. The predicted molar refractivity (Wildman–Crippen MR) is 84.5 cm³/mol.